The highest BCUT2D eigenvalue weighted by Crippen LogP contribution is 2.25. The summed E-state index contributed by atoms with van der Waals surface area (Å²) in [7, 11) is 2.17. The standard InChI is InChI=1S/C19H24N2O2/c1-15-10-16(12-21(2)13-17-7-9-22-14-17)5-6-19(15)23-18-4-3-8-20-11-18/h3-6,8,10-11,17H,7,9,12-14H2,1-2H3/t17-/m1/s1. The van der Waals surface area contributed by atoms with Crippen LogP contribution in [0.3, 0.4) is 0 Å². The van der Waals surface area contributed by atoms with Crippen molar-refractivity contribution in [2.45, 2.75) is 19.9 Å². The largest absolute Gasteiger partial charge is 0.455 e. The van der Waals surface area contributed by atoms with Crippen molar-refractivity contribution >= 4 is 0 Å². The normalized spacial score (nSPS) is 17.6. The van der Waals surface area contributed by atoms with Gasteiger partial charge in [0.2, 0.25) is 0 Å². The molecule has 2 heterocycles. The van der Waals surface area contributed by atoms with Crippen LogP contribution >= 0.6 is 0 Å². The van der Waals surface area contributed by atoms with Crippen LogP contribution in [0.5, 0.6) is 11.5 Å². The van der Waals surface area contributed by atoms with Gasteiger partial charge in [-0.2, -0.15) is 0 Å². The molecule has 1 aromatic heterocycles. The van der Waals surface area contributed by atoms with Crippen molar-refractivity contribution in [1.29, 1.82) is 0 Å². The van der Waals surface area contributed by atoms with Crippen LogP contribution in [0, 0.1) is 12.8 Å². The van der Waals surface area contributed by atoms with E-state index in [9.17, 15) is 0 Å². The number of benzene rings is 1. The Balaban J connectivity index is 1.59. The summed E-state index contributed by atoms with van der Waals surface area (Å²) < 4.78 is 11.3. The molecule has 1 aliphatic heterocycles. The third kappa shape index (κ3) is 4.53. The quantitative estimate of drug-likeness (QED) is 0.815. The average Bonchev–Trinajstić information content (AvgIpc) is 3.04. The van der Waals surface area contributed by atoms with Gasteiger partial charge in [0, 0.05) is 25.9 Å². The lowest BCUT2D eigenvalue weighted by Crippen LogP contribution is -2.25. The van der Waals surface area contributed by atoms with Crippen LogP contribution in [-0.2, 0) is 11.3 Å². The Hall–Kier alpha value is -1.91. The van der Waals surface area contributed by atoms with E-state index < -0.39 is 0 Å². The first-order valence-corrected chi connectivity index (χ1v) is 8.14. The fourth-order valence-corrected chi connectivity index (χ4v) is 3.00. The molecule has 4 nitrogen and oxygen atoms in total. The van der Waals surface area contributed by atoms with Gasteiger partial charge >= 0.3 is 0 Å². The number of rotatable bonds is 6. The van der Waals surface area contributed by atoms with Crippen LogP contribution in [0.4, 0.5) is 0 Å². The van der Waals surface area contributed by atoms with Crippen molar-refractivity contribution < 1.29 is 9.47 Å². The summed E-state index contributed by atoms with van der Waals surface area (Å²) in [6.07, 6.45) is 4.65. The maximum Gasteiger partial charge on any atom is 0.145 e. The number of hydrogen-bond donors (Lipinski definition) is 0. The minimum atomic E-state index is 0.675. The number of aromatic nitrogens is 1. The number of pyridine rings is 1. The average molecular weight is 312 g/mol. The second-order valence-electron chi connectivity index (χ2n) is 6.32. The van der Waals surface area contributed by atoms with Gasteiger partial charge < -0.3 is 14.4 Å². The summed E-state index contributed by atoms with van der Waals surface area (Å²) in [6.45, 7) is 5.94. The number of hydrogen-bond acceptors (Lipinski definition) is 4. The molecule has 1 atom stereocenters. The molecular formula is C19H24N2O2. The molecule has 0 saturated carbocycles. The summed E-state index contributed by atoms with van der Waals surface area (Å²) in [5.41, 5.74) is 2.45. The van der Waals surface area contributed by atoms with Crippen LogP contribution in [-0.4, -0.2) is 36.7 Å². The molecule has 0 N–H and O–H groups in total. The molecule has 1 saturated heterocycles. The smallest absolute Gasteiger partial charge is 0.145 e. The molecule has 4 heteroatoms. The maximum atomic E-state index is 5.88. The van der Waals surface area contributed by atoms with Crippen LogP contribution in [0.2, 0.25) is 0 Å². The zero-order chi connectivity index (χ0) is 16.1. The van der Waals surface area contributed by atoms with Crippen molar-refractivity contribution in [2.24, 2.45) is 5.92 Å². The molecule has 0 unspecified atom stereocenters. The first kappa shape index (κ1) is 16.0. The second-order valence-corrected chi connectivity index (χ2v) is 6.32. The van der Waals surface area contributed by atoms with Gasteiger partial charge in [-0.3, -0.25) is 4.98 Å². The highest BCUT2D eigenvalue weighted by atomic mass is 16.5. The Morgan fingerprint density at radius 1 is 1.35 bits per heavy atom. The maximum absolute atomic E-state index is 5.88. The van der Waals surface area contributed by atoms with Gasteiger partial charge in [-0.1, -0.05) is 12.1 Å². The van der Waals surface area contributed by atoms with Crippen LogP contribution in [0.1, 0.15) is 17.5 Å². The molecule has 23 heavy (non-hydrogen) atoms. The minimum absolute atomic E-state index is 0.675. The van der Waals surface area contributed by atoms with E-state index in [1.807, 2.05) is 18.2 Å². The third-order valence-electron chi connectivity index (χ3n) is 4.15. The zero-order valence-corrected chi connectivity index (χ0v) is 13.9. The van der Waals surface area contributed by atoms with Gasteiger partial charge in [0.05, 0.1) is 12.8 Å². The van der Waals surface area contributed by atoms with E-state index in [4.69, 9.17) is 9.47 Å². The molecule has 0 aliphatic carbocycles. The summed E-state index contributed by atoms with van der Waals surface area (Å²) in [5, 5.41) is 0. The fraction of sp³-hybridized carbons (Fsp3) is 0.421. The molecule has 1 fully saturated rings. The topological polar surface area (TPSA) is 34.6 Å². The summed E-state index contributed by atoms with van der Waals surface area (Å²) >= 11 is 0. The van der Waals surface area contributed by atoms with Gasteiger partial charge in [-0.25, -0.2) is 0 Å². The lowest BCUT2D eigenvalue weighted by atomic mass is 10.1. The van der Waals surface area contributed by atoms with E-state index in [1.165, 1.54) is 12.0 Å². The molecule has 0 bridgehead atoms. The molecule has 1 aromatic carbocycles. The second kappa shape index (κ2) is 7.57. The van der Waals surface area contributed by atoms with Crippen molar-refractivity contribution in [1.82, 2.24) is 9.88 Å². The number of nitrogens with zero attached hydrogens (tertiary/aromatic N) is 2. The first-order valence-electron chi connectivity index (χ1n) is 8.14. The van der Waals surface area contributed by atoms with Crippen molar-refractivity contribution in [3.05, 3.63) is 53.9 Å². The van der Waals surface area contributed by atoms with E-state index >= 15 is 0 Å². The van der Waals surface area contributed by atoms with E-state index in [1.54, 1.807) is 12.4 Å². The summed E-state index contributed by atoms with van der Waals surface area (Å²) in [6, 6.07) is 10.2. The number of aryl methyl sites for hydroxylation is 1. The van der Waals surface area contributed by atoms with Gasteiger partial charge in [-0.15, -0.1) is 0 Å². The van der Waals surface area contributed by atoms with Crippen molar-refractivity contribution in [2.75, 3.05) is 26.8 Å². The molecule has 3 rings (SSSR count). The predicted octanol–water partition coefficient (Wildman–Crippen LogP) is 3.65. The van der Waals surface area contributed by atoms with E-state index in [0.29, 0.717) is 5.92 Å². The first-order chi connectivity index (χ1) is 11.2. The Kier molecular flexibility index (Phi) is 5.26. The van der Waals surface area contributed by atoms with Gasteiger partial charge in [0.15, 0.2) is 0 Å². The lowest BCUT2D eigenvalue weighted by molar-refractivity contribution is 0.173. The minimum Gasteiger partial charge on any atom is -0.455 e. The Morgan fingerprint density at radius 3 is 2.96 bits per heavy atom. The molecule has 122 valence electrons. The lowest BCUT2D eigenvalue weighted by Gasteiger charge is -2.20. The van der Waals surface area contributed by atoms with Crippen LogP contribution in [0.25, 0.3) is 0 Å². The zero-order valence-electron chi connectivity index (χ0n) is 13.9. The molecule has 0 amide bonds. The van der Waals surface area contributed by atoms with Crippen LogP contribution < -0.4 is 4.74 Å². The van der Waals surface area contributed by atoms with Gasteiger partial charge in [0.1, 0.15) is 11.5 Å². The van der Waals surface area contributed by atoms with E-state index in [0.717, 1.165) is 43.4 Å². The van der Waals surface area contributed by atoms with Crippen molar-refractivity contribution in [3.63, 3.8) is 0 Å². The Morgan fingerprint density at radius 2 is 2.26 bits per heavy atom. The molecular weight excluding hydrogens is 288 g/mol. The Labute approximate surface area is 138 Å². The SMILES string of the molecule is Cc1cc(CN(C)C[C@H]2CCOC2)ccc1Oc1cccnc1. The monoisotopic (exact) mass is 312 g/mol. The summed E-state index contributed by atoms with van der Waals surface area (Å²) in [4.78, 5) is 6.45. The third-order valence-corrected chi connectivity index (χ3v) is 4.15. The van der Waals surface area contributed by atoms with Gasteiger partial charge in [-0.05, 0) is 55.6 Å². The highest BCUT2D eigenvalue weighted by molar-refractivity contribution is 5.39. The van der Waals surface area contributed by atoms with E-state index in [2.05, 4.69) is 36.0 Å². The highest BCUT2D eigenvalue weighted by Gasteiger charge is 2.17. The fourth-order valence-electron chi connectivity index (χ4n) is 3.00. The number of ether oxygens (including phenoxy) is 2. The summed E-state index contributed by atoms with van der Waals surface area (Å²) in [5.74, 6) is 2.32. The Bertz CT molecular complexity index is 625. The van der Waals surface area contributed by atoms with Gasteiger partial charge in [0.25, 0.3) is 0 Å². The predicted molar refractivity (Wildman–Crippen MR) is 90.8 cm³/mol. The molecule has 0 spiro atoms. The van der Waals surface area contributed by atoms with E-state index in [-0.39, 0.29) is 0 Å². The molecule has 2 aromatic rings. The molecule has 1 aliphatic rings. The molecule has 0 radical (unpaired) electrons. The van der Waals surface area contributed by atoms with Crippen LogP contribution in [0.15, 0.2) is 42.7 Å². The van der Waals surface area contributed by atoms with Crippen molar-refractivity contribution in [3.8, 4) is 11.5 Å².